The van der Waals surface area contributed by atoms with E-state index in [9.17, 15) is 5.11 Å². The van der Waals surface area contributed by atoms with Crippen molar-refractivity contribution in [3.63, 3.8) is 0 Å². The molecule has 0 spiro atoms. The lowest BCUT2D eigenvalue weighted by atomic mass is 9.82. The fourth-order valence-corrected chi connectivity index (χ4v) is 3.64. The molecule has 2 saturated carbocycles. The van der Waals surface area contributed by atoms with E-state index in [0.29, 0.717) is 11.8 Å². The lowest BCUT2D eigenvalue weighted by molar-refractivity contribution is 0.115. The van der Waals surface area contributed by atoms with Gasteiger partial charge in [0.2, 0.25) is 0 Å². The first-order valence-electron chi connectivity index (χ1n) is 4.76. The zero-order valence-electron chi connectivity index (χ0n) is 6.66. The monoisotopic (exact) mass is 153 g/mol. The third-order valence-electron chi connectivity index (χ3n) is 4.12. The Kier molecular flexibility index (Phi) is 1.16. The van der Waals surface area contributed by atoms with Gasteiger partial charge in [0.25, 0.3) is 0 Å². The molecule has 3 fully saturated rings. The maximum Gasteiger partial charge on any atom is 0.0603 e. The Labute approximate surface area is 67.0 Å². The highest BCUT2D eigenvalue weighted by Crippen LogP contribution is 2.53. The number of aliphatic hydroxyl groups excluding tert-OH is 1. The second-order valence-electron chi connectivity index (χ2n) is 4.38. The first kappa shape index (κ1) is 6.44. The van der Waals surface area contributed by atoms with Crippen molar-refractivity contribution in [2.75, 3.05) is 13.1 Å². The fourth-order valence-electron chi connectivity index (χ4n) is 3.64. The highest BCUT2D eigenvalue weighted by molar-refractivity contribution is 5.06. The standard InChI is InChI=1S/C9H15NO/c11-9-5-1-2-6(9)8-4-10-3-7(5)8/h5-11H,1-4H2/t5-,6-,7-,8-/m0/s1. The maximum absolute atomic E-state index is 9.81. The Bertz CT molecular complexity index is 155. The Balaban J connectivity index is 1.94. The summed E-state index contributed by atoms with van der Waals surface area (Å²) in [5, 5.41) is 13.2. The zero-order valence-corrected chi connectivity index (χ0v) is 6.66. The molecule has 1 heterocycles. The second-order valence-corrected chi connectivity index (χ2v) is 4.38. The first-order chi connectivity index (χ1) is 5.38. The van der Waals surface area contributed by atoms with E-state index in [4.69, 9.17) is 0 Å². The third-order valence-corrected chi connectivity index (χ3v) is 4.12. The molecule has 62 valence electrons. The minimum Gasteiger partial charge on any atom is -0.393 e. The van der Waals surface area contributed by atoms with Gasteiger partial charge in [-0.25, -0.2) is 0 Å². The Morgan fingerprint density at radius 3 is 2.00 bits per heavy atom. The van der Waals surface area contributed by atoms with Crippen molar-refractivity contribution in [1.82, 2.24) is 5.32 Å². The van der Waals surface area contributed by atoms with Gasteiger partial charge in [0.05, 0.1) is 6.10 Å². The Hall–Kier alpha value is -0.0800. The van der Waals surface area contributed by atoms with E-state index >= 15 is 0 Å². The highest BCUT2D eigenvalue weighted by Gasteiger charge is 2.55. The lowest BCUT2D eigenvalue weighted by Gasteiger charge is -2.21. The summed E-state index contributed by atoms with van der Waals surface area (Å²) in [6.07, 6.45) is 2.63. The predicted octanol–water partition coefficient (Wildman–Crippen LogP) is 0.223. The molecule has 0 aromatic carbocycles. The van der Waals surface area contributed by atoms with Gasteiger partial charge in [-0.3, -0.25) is 0 Å². The van der Waals surface area contributed by atoms with Gasteiger partial charge in [0.15, 0.2) is 0 Å². The number of hydrogen-bond acceptors (Lipinski definition) is 2. The molecule has 2 heteroatoms. The van der Waals surface area contributed by atoms with Crippen molar-refractivity contribution in [3.05, 3.63) is 0 Å². The van der Waals surface area contributed by atoms with Crippen molar-refractivity contribution in [2.45, 2.75) is 18.9 Å². The largest absolute Gasteiger partial charge is 0.393 e. The molecule has 0 aromatic heterocycles. The number of aliphatic hydroxyl groups is 1. The quantitative estimate of drug-likeness (QED) is 0.522. The molecule has 0 unspecified atom stereocenters. The van der Waals surface area contributed by atoms with Gasteiger partial charge in [0.1, 0.15) is 0 Å². The molecular weight excluding hydrogens is 138 g/mol. The highest BCUT2D eigenvalue weighted by atomic mass is 16.3. The smallest absolute Gasteiger partial charge is 0.0603 e. The van der Waals surface area contributed by atoms with Crippen LogP contribution in [0, 0.1) is 23.7 Å². The molecule has 3 aliphatic rings. The summed E-state index contributed by atoms with van der Waals surface area (Å²) in [5.41, 5.74) is 0. The molecule has 3 rings (SSSR count). The van der Waals surface area contributed by atoms with Crippen LogP contribution in [0.25, 0.3) is 0 Å². The van der Waals surface area contributed by atoms with Gasteiger partial charge >= 0.3 is 0 Å². The van der Waals surface area contributed by atoms with Crippen LogP contribution in [-0.4, -0.2) is 24.3 Å². The van der Waals surface area contributed by atoms with Crippen LogP contribution in [0.3, 0.4) is 0 Å². The van der Waals surface area contributed by atoms with E-state index in [0.717, 1.165) is 11.8 Å². The fraction of sp³-hybridized carbons (Fsp3) is 1.00. The van der Waals surface area contributed by atoms with Crippen LogP contribution in [0.2, 0.25) is 0 Å². The summed E-state index contributed by atoms with van der Waals surface area (Å²) < 4.78 is 0. The summed E-state index contributed by atoms with van der Waals surface area (Å²) in [7, 11) is 0. The van der Waals surface area contributed by atoms with E-state index in [1.807, 2.05) is 0 Å². The minimum atomic E-state index is 0.0621. The lowest BCUT2D eigenvalue weighted by Crippen LogP contribution is -2.21. The molecule has 2 nitrogen and oxygen atoms in total. The third kappa shape index (κ3) is 0.651. The van der Waals surface area contributed by atoms with Crippen molar-refractivity contribution < 1.29 is 5.11 Å². The van der Waals surface area contributed by atoms with Crippen LogP contribution in [0.5, 0.6) is 0 Å². The van der Waals surface area contributed by atoms with Crippen molar-refractivity contribution in [1.29, 1.82) is 0 Å². The normalized spacial score (nSPS) is 60.3. The topological polar surface area (TPSA) is 32.3 Å². The molecule has 11 heavy (non-hydrogen) atoms. The molecule has 2 bridgehead atoms. The zero-order chi connectivity index (χ0) is 7.42. The molecule has 2 N–H and O–H groups in total. The van der Waals surface area contributed by atoms with E-state index in [2.05, 4.69) is 5.32 Å². The molecule has 0 amide bonds. The van der Waals surface area contributed by atoms with Gasteiger partial charge < -0.3 is 10.4 Å². The molecule has 1 aliphatic heterocycles. The maximum atomic E-state index is 9.81. The average Bonchev–Trinajstić information content (AvgIpc) is 2.61. The van der Waals surface area contributed by atoms with Crippen LogP contribution in [0.1, 0.15) is 12.8 Å². The van der Waals surface area contributed by atoms with Crippen LogP contribution in [-0.2, 0) is 0 Å². The molecule has 0 radical (unpaired) electrons. The number of rotatable bonds is 0. The molecule has 2 aliphatic carbocycles. The predicted molar refractivity (Wildman–Crippen MR) is 42.1 cm³/mol. The summed E-state index contributed by atoms with van der Waals surface area (Å²) >= 11 is 0. The van der Waals surface area contributed by atoms with E-state index < -0.39 is 0 Å². The molecule has 4 atom stereocenters. The van der Waals surface area contributed by atoms with Crippen molar-refractivity contribution >= 4 is 0 Å². The molecule has 1 saturated heterocycles. The summed E-state index contributed by atoms with van der Waals surface area (Å²) in [6.45, 7) is 2.34. The van der Waals surface area contributed by atoms with Crippen LogP contribution < -0.4 is 5.32 Å². The molecular formula is C9H15NO. The van der Waals surface area contributed by atoms with Crippen LogP contribution in [0.15, 0.2) is 0 Å². The van der Waals surface area contributed by atoms with Crippen molar-refractivity contribution in [3.8, 4) is 0 Å². The molecule has 0 aromatic rings. The number of fused-ring (bicyclic) bond motifs is 5. The van der Waals surface area contributed by atoms with E-state index in [-0.39, 0.29) is 6.10 Å². The second kappa shape index (κ2) is 1.99. The summed E-state index contributed by atoms with van der Waals surface area (Å²) in [5.74, 6) is 2.95. The number of hydrogen-bond donors (Lipinski definition) is 2. The first-order valence-corrected chi connectivity index (χ1v) is 4.76. The Morgan fingerprint density at radius 2 is 1.45 bits per heavy atom. The minimum absolute atomic E-state index is 0.0621. The van der Waals surface area contributed by atoms with Crippen LogP contribution in [0.4, 0.5) is 0 Å². The SMILES string of the molecule is OC1[C@H]2CC[C@H]1[C@@H]1CNC[C@H]12. The summed E-state index contributed by atoms with van der Waals surface area (Å²) in [4.78, 5) is 0. The van der Waals surface area contributed by atoms with Crippen molar-refractivity contribution in [2.24, 2.45) is 23.7 Å². The van der Waals surface area contributed by atoms with Gasteiger partial charge in [0, 0.05) is 0 Å². The average molecular weight is 153 g/mol. The van der Waals surface area contributed by atoms with Gasteiger partial charge in [-0.15, -0.1) is 0 Å². The van der Waals surface area contributed by atoms with E-state index in [1.54, 1.807) is 0 Å². The van der Waals surface area contributed by atoms with Crippen LogP contribution >= 0.6 is 0 Å². The summed E-state index contributed by atoms with van der Waals surface area (Å²) in [6, 6.07) is 0. The van der Waals surface area contributed by atoms with Gasteiger partial charge in [-0.2, -0.15) is 0 Å². The Morgan fingerprint density at radius 1 is 0.909 bits per heavy atom. The van der Waals surface area contributed by atoms with Gasteiger partial charge in [-0.1, -0.05) is 0 Å². The van der Waals surface area contributed by atoms with Gasteiger partial charge in [-0.05, 0) is 49.6 Å². The van der Waals surface area contributed by atoms with E-state index in [1.165, 1.54) is 25.9 Å². The number of nitrogens with one attached hydrogen (secondary N) is 1.